The number of anilines is 2. The SMILES string of the molecule is O=C1Cc2ccccc2N1.O=C1Nc2ccccc2/C1=C\c1ccc(Br)o1.O=Cc1ccc(Br)o1. The van der Waals surface area contributed by atoms with E-state index in [1.807, 2.05) is 54.6 Å². The van der Waals surface area contributed by atoms with Gasteiger partial charge in [0.25, 0.3) is 5.91 Å². The molecule has 35 heavy (non-hydrogen) atoms. The van der Waals surface area contributed by atoms with Crippen molar-refractivity contribution in [2.24, 2.45) is 0 Å². The minimum Gasteiger partial charge on any atom is -0.450 e. The molecule has 0 saturated heterocycles. The van der Waals surface area contributed by atoms with Gasteiger partial charge in [-0.3, -0.25) is 14.4 Å². The Labute approximate surface area is 217 Å². The van der Waals surface area contributed by atoms with Crippen molar-refractivity contribution in [1.82, 2.24) is 0 Å². The molecule has 9 heteroatoms. The van der Waals surface area contributed by atoms with Crippen molar-refractivity contribution in [3.8, 4) is 0 Å². The smallest absolute Gasteiger partial charge is 0.256 e. The highest BCUT2D eigenvalue weighted by Crippen LogP contribution is 2.33. The number of carbonyl (C=O) groups is 3. The maximum absolute atomic E-state index is 11.8. The van der Waals surface area contributed by atoms with Crippen LogP contribution in [0, 0.1) is 0 Å². The monoisotopic (exact) mass is 596 g/mol. The molecule has 0 fully saturated rings. The molecule has 4 heterocycles. The molecule has 0 radical (unpaired) electrons. The standard InChI is InChI=1S/C13H8BrNO2.C8H7NO.C5H3BrO2/c14-12-6-5-8(17-12)7-10-9-3-1-2-4-11(9)15-13(10)16;10-8-5-6-3-1-2-4-7(6)9-8;6-5-2-1-4(3-7)8-5/h1-7H,(H,15,16);1-4H,5H2,(H,9,10);1-3H/b10-7+;;. The molecule has 176 valence electrons. The fourth-order valence-corrected chi connectivity index (χ4v) is 4.02. The normalized spacial score (nSPS) is 14.1. The average Bonchev–Trinajstić information content (AvgIpc) is 3.62. The topological polar surface area (TPSA) is 102 Å². The summed E-state index contributed by atoms with van der Waals surface area (Å²) in [7, 11) is 0. The summed E-state index contributed by atoms with van der Waals surface area (Å²) in [6.07, 6.45) is 2.94. The Bertz CT molecular complexity index is 1390. The van der Waals surface area contributed by atoms with Crippen molar-refractivity contribution >= 4 is 73.0 Å². The van der Waals surface area contributed by atoms with E-state index < -0.39 is 0 Å². The van der Waals surface area contributed by atoms with Gasteiger partial charge in [-0.05, 0) is 79.9 Å². The van der Waals surface area contributed by atoms with Crippen LogP contribution in [0.2, 0.25) is 0 Å². The van der Waals surface area contributed by atoms with Crippen molar-refractivity contribution in [3.63, 3.8) is 0 Å². The quantitative estimate of drug-likeness (QED) is 0.201. The van der Waals surface area contributed by atoms with Gasteiger partial charge in [-0.15, -0.1) is 0 Å². The van der Waals surface area contributed by atoms with Gasteiger partial charge >= 0.3 is 0 Å². The van der Waals surface area contributed by atoms with E-state index in [2.05, 4.69) is 42.5 Å². The summed E-state index contributed by atoms with van der Waals surface area (Å²) in [4.78, 5) is 32.5. The molecule has 2 aliphatic rings. The molecule has 0 bridgehead atoms. The van der Waals surface area contributed by atoms with Crippen LogP contribution in [0.4, 0.5) is 11.4 Å². The van der Waals surface area contributed by atoms with Gasteiger partial charge in [0.2, 0.25) is 5.91 Å². The average molecular weight is 598 g/mol. The molecule has 2 aromatic heterocycles. The van der Waals surface area contributed by atoms with E-state index in [0.717, 1.165) is 22.5 Å². The summed E-state index contributed by atoms with van der Waals surface area (Å²) in [6, 6.07) is 22.2. The van der Waals surface area contributed by atoms with E-state index in [9.17, 15) is 14.4 Å². The number of rotatable bonds is 2. The molecule has 0 spiro atoms. The molecule has 0 unspecified atom stereocenters. The lowest BCUT2D eigenvalue weighted by Gasteiger charge is -1.95. The number of halogens is 2. The second kappa shape index (κ2) is 11.2. The summed E-state index contributed by atoms with van der Waals surface area (Å²) in [5.41, 5.74) is 4.45. The van der Waals surface area contributed by atoms with Crippen molar-refractivity contribution in [3.05, 3.63) is 105 Å². The van der Waals surface area contributed by atoms with E-state index >= 15 is 0 Å². The summed E-state index contributed by atoms with van der Waals surface area (Å²) in [6.45, 7) is 0. The highest BCUT2D eigenvalue weighted by Gasteiger charge is 2.23. The Balaban J connectivity index is 0.000000136. The second-order valence-electron chi connectivity index (χ2n) is 7.34. The molecule has 0 aliphatic carbocycles. The first kappa shape index (κ1) is 24.4. The van der Waals surface area contributed by atoms with Crippen molar-refractivity contribution < 1.29 is 23.2 Å². The van der Waals surface area contributed by atoms with E-state index in [1.54, 1.807) is 24.3 Å². The van der Waals surface area contributed by atoms with Gasteiger partial charge in [-0.2, -0.15) is 0 Å². The Hall–Kier alpha value is -3.69. The van der Waals surface area contributed by atoms with Crippen LogP contribution in [0.3, 0.4) is 0 Å². The highest BCUT2D eigenvalue weighted by atomic mass is 79.9. The number of para-hydroxylation sites is 2. The first-order valence-electron chi connectivity index (χ1n) is 10.4. The van der Waals surface area contributed by atoms with Crippen molar-refractivity contribution in [2.45, 2.75) is 6.42 Å². The van der Waals surface area contributed by atoms with E-state index in [4.69, 9.17) is 8.83 Å². The summed E-state index contributed by atoms with van der Waals surface area (Å²) < 4.78 is 11.4. The number of hydrogen-bond donors (Lipinski definition) is 2. The van der Waals surface area contributed by atoms with Crippen LogP contribution in [0.25, 0.3) is 11.6 Å². The number of hydrogen-bond acceptors (Lipinski definition) is 5. The van der Waals surface area contributed by atoms with E-state index in [-0.39, 0.29) is 11.8 Å². The molecule has 0 atom stereocenters. The third-order valence-corrected chi connectivity index (χ3v) is 5.80. The van der Waals surface area contributed by atoms with Crippen LogP contribution in [-0.4, -0.2) is 18.1 Å². The maximum Gasteiger partial charge on any atom is 0.256 e. The molecular formula is C26H18Br2N2O5. The minimum atomic E-state index is -0.0984. The zero-order valence-corrected chi connectivity index (χ0v) is 21.3. The van der Waals surface area contributed by atoms with Gasteiger partial charge in [-0.1, -0.05) is 36.4 Å². The Morgan fingerprint density at radius 3 is 1.97 bits per heavy atom. The lowest BCUT2D eigenvalue weighted by Crippen LogP contribution is -2.03. The number of nitrogens with one attached hydrogen (secondary N) is 2. The molecule has 2 N–H and O–H groups in total. The van der Waals surface area contributed by atoms with Crippen molar-refractivity contribution in [1.29, 1.82) is 0 Å². The summed E-state index contributed by atoms with van der Waals surface area (Å²) in [5.74, 6) is 0.996. The third-order valence-electron chi connectivity index (χ3n) is 4.94. The van der Waals surface area contributed by atoms with Crippen LogP contribution < -0.4 is 10.6 Å². The number of amides is 2. The zero-order chi connectivity index (χ0) is 24.8. The zero-order valence-electron chi connectivity index (χ0n) is 18.1. The predicted octanol–water partition coefficient (Wildman–Crippen LogP) is 6.57. The third kappa shape index (κ3) is 6.26. The Morgan fingerprint density at radius 1 is 0.743 bits per heavy atom. The molecule has 2 amide bonds. The largest absolute Gasteiger partial charge is 0.450 e. The fourth-order valence-electron chi connectivity index (χ4n) is 3.39. The Kier molecular flexibility index (Phi) is 7.79. The van der Waals surface area contributed by atoms with Gasteiger partial charge < -0.3 is 19.5 Å². The fraction of sp³-hybridized carbons (Fsp3) is 0.0385. The van der Waals surface area contributed by atoms with Gasteiger partial charge in [0.15, 0.2) is 21.4 Å². The van der Waals surface area contributed by atoms with Crippen LogP contribution in [-0.2, 0) is 16.0 Å². The van der Waals surface area contributed by atoms with Gasteiger partial charge in [0.05, 0.1) is 12.0 Å². The highest BCUT2D eigenvalue weighted by molar-refractivity contribution is 9.10. The Morgan fingerprint density at radius 2 is 1.37 bits per heavy atom. The van der Waals surface area contributed by atoms with Gasteiger partial charge in [-0.25, -0.2) is 0 Å². The molecule has 4 aromatic rings. The van der Waals surface area contributed by atoms with Crippen LogP contribution >= 0.6 is 31.9 Å². The summed E-state index contributed by atoms with van der Waals surface area (Å²) >= 11 is 6.28. The number of aldehydes is 1. The first-order chi connectivity index (χ1) is 16.9. The van der Waals surface area contributed by atoms with Crippen LogP contribution in [0.1, 0.15) is 27.4 Å². The lowest BCUT2D eigenvalue weighted by molar-refractivity contribution is -0.115. The first-order valence-corrected chi connectivity index (χ1v) is 12.0. The minimum absolute atomic E-state index is 0.0983. The molecular weight excluding hydrogens is 580 g/mol. The molecule has 2 aromatic carbocycles. The van der Waals surface area contributed by atoms with E-state index in [1.165, 1.54) is 0 Å². The second-order valence-corrected chi connectivity index (χ2v) is 8.90. The maximum atomic E-state index is 11.8. The lowest BCUT2D eigenvalue weighted by atomic mass is 10.1. The van der Waals surface area contributed by atoms with Gasteiger partial charge in [0.1, 0.15) is 5.76 Å². The van der Waals surface area contributed by atoms with Crippen LogP contribution in [0.5, 0.6) is 0 Å². The number of fused-ring (bicyclic) bond motifs is 2. The predicted molar refractivity (Wildman–Crippen MR) is 140 cm³/mol. The molecule has 7 nitrogen and oxygen atoms in total. The molecule has 2 aliphatic heterocycles. The van der Waals surface area contributed by atoms with Crippen molar-refractivity contribution in [2.75, 3.05) is 10.6 Å². The molecule has 6 rings (SSSR count). The number of benzene rings is 2. The van der Waals surface area contributed by atoms with Gasteiger partial charge in [0, 0.05) is 16.9 Å². The molecule has 0 saturated carbocycles. The number of carbonyl (C=O) groups excluding carboxylic acids is 3. The summed E-state index contributed by atoms with van der Waals surface area (Å²) in [5, 5.41) is 5.57. The van der Waals surface area contributed by atoms with Crippen LogP contribution in [0.15, 0.2) is 91.0 Å². The number of furan rings is 2. The van der Waals surface area contributed by atoms with E-state index in [0.29, 0.717) is 39.1 Å².